The van der Waals surface area contributed by atoms with Crippen LogP contribution in [0.15, 0.2) is 17.5 Å². The largest absolute Gasteiger partial charge is 0.478 e. The van der Waals surface area contributed by atoms with Crippen molar-refractivity contribution in [3.05, 3.63) is 28.0 Å². The Morgan fingerprint density at radius 1 is 1.48 bits per heavy atom. The second kappa shape index (κ2) is 5.98. The molecule has 1 aliphatic rings. The summed E-state index contributed by atoms with van der Waals surface area (Å²) < 4.78 is 23.1. The highest BCUT2D eigenvalue weighted by Gasteiger charge is 2.32. The van der Waals surface area contributed by atoms with Crippen LogP contribution in [0, 0.1) is 0 Å². The molecule has 0 radical (unpaired) electrons. The fourth-order valence-corrected chi connectivity index (χ4v) is 4.61. The number of amides is 1. The average Bonchev–Trinajstić information content (AvgIpc) is 2.82. The van der Waals surface area contributed by atoms with Crippen molar-refractivity contribution in [1.29, 1.82) is 0 Å². The van der Waals surface area contributed by atoms with Crippen LogP contribution in [0.2, 0.25) is 0 Å². The molecule has 0 saturated carbocycles. The number of sulfone groups is 1. The predicted octanol–water partition coefficient (Wildman–Crippen LogP) is 1.10. The van der Waals surface area contributed by atoms with Gasteiger partial charge in [-0.15, -0.1) is 11.3 Å². The van der Waals surface area contributed by atoms with Gasteiger partial charge >= 0.3 is 5.97 Å². The summed E-state index contributed by atoms with van der Waals surface area (Å²) in [5.41, 5.74) is 0.535. The smallest absolute Gasteiger partial charge is 0.328 e. The molecule has 0 spiro atoms. The second-order valence-electron chi connectivity index (χ2n) is 4.84. The van der Waals surface area contributed by atoms with Crippen molar-refractivity contribution in [3.8, 4) is 0 Å². The molecule has 0 aromatic carbocycles. The maximum atomic E-state index is 12.5. The standard InChI is InChI=1S/C13H15NO5S2/c1-9-8-21(18,19)7-5-14(9)13(17)12-10(4-6-20-12)2-3-11(15)16/h2-4,6,9H,5,7-8H2,1H3,(H,15,16)/b3-2+. The van der Waals surface area contributed by atoms with Gasteiger partial charge in [-0.05, 0) is 30.0 Å². The minimum Gasteiger partial charge on any atom is -0.478 e. The number of hydrogen-bond donors (Lipinski definition) is 1. The van der Waals surface area contributed by atoms with Gasteiger partial charge in [-0.3, -0.25) is 4.79 Å². The number of carbonyl (C=O) groups excluding carboxylic acids is 1. The quantitative estimate of drug-likeness (QED) is 0.839. The van der Waals surface area contributed by atoms with Gasteiger partial charge in [0.15, 0.2) is 9.84 Å². The lowest BCUT2D eigenvalue weighted by Crippen LogP contribution is -2.49. The third-order valence-corrected chi connectivity index (χ3v) is 5.94. The zero-order valence-electron chi connectivity index (χ0n) is 11.4. The summed E-state index contributed by atoms with van der Waals surface area (Å²) in [6, 6.07) is 1.29. The van der Waals surface area contributed by atoms with Gasteiger partial charge < -0.3 is 10.0 Å². The van der Waals surface area contributed by atoms with E-state index in [1.54, 1.807) is 18.4 Å². The highest BCUT2D eigenvalue weighted by Crippen LogP contribution is 2.23. The first-order valence-corrected chi connectivity index (χ1v) is 9.00. The van der Waals surface area contributed by atoms with Crippen LogP contribution >= 0.6 is 11.3 Å². The molecule has 8 heteroatoms. The van der Waals surface area contributed by atoms with Gasteiger partial charge in [-0.2, -0.15) is 0 Å². The lowest BCUT2D eigenvalue weighted by atomic mass is 10.2. The number of carboxylic acids is 1. The Morgan fingerprint density at radius 2 is 2.19 bits per heavy atom. The molecule has 2 heterocycles. The van der Waals surface area contributed by atoms with Gasteiger partial charge in [-0.25, -0.2) is 13.2 Å². The highest BCUT2D eigenvalue weighted by atomic mass is 32.2. The van der Waals surface area contributed by atoms with E-state index in [1.807, 2.05) is 0 Å². The van der Waals surface area contributed by atoms with Gasteiger partial charge in [0.2, 0.25) is 0 Å². The zero-order valence-corrected chi connectivity index (χ0v) is 13.0. The lowest BCUT2D eigenvalue weighted by Gasteiger charge is -2.33. The predicted molar refractivity (Wildman–Crippen MR) is 80.1 cm³/mol. The van der Waals surface area contributed by atoms with Gasteiger partial charge in [0.25, 0.3) is 5.91 Å². The Hall–Kier alpha value is -1.67. The van der Waals surface area contributed by atoms with Crippen LogP contribution in [0.4, 0.5) is 0 Å². The molecule has 1 unspecified atom stereocenters. The summed E-state index contributed by atoms with van der Waals surface area (Å²) in [6.07, 6.45) is 2.35. The number of thiophene rings is 1. The summed E-state index contributed by atoms with van der Waals surface area (Å²) in [4.78, 5) is 25.0. The van der Waals surface area contributed by atoms with Gasteiger partial charge in [0.05, 0.1) is 16.4 Å². The summed E-state index contributed by atoms with van der Waals surface area (Å²) in [6.45, 7) is 1.87. The molecule has 1 amide bonds. The second-order valence-corrected chi connectivity index (χ2v) is 7.98. The first kappa shape index (κ1) is 15.7. The number of aliphatic carboxylic acids is 1. The van der Waals surface area contributed by atoms with Crippen LogP contribution in [0.5, 0.6) is 0 Å². The van der Waals surface area contributed by atoms with Crippen molar-refractivity contribution in [2.24, 2.45) is 0 Å². The normalized spacial score (nSPS) is 21.6. The molecule has 1 atom stereocenters. The number of carbonyl (C=O) groups is 2. The lowest BCUT2D eigenvalue weighted by molar-refractivity contribution is -0.131. The number of rotatable bonds is 3. The Bertz CT molecular complexity index is 689. The minimum absolute atomic E-state index is 0.0330. The third-order valence-electron chi connectivity index (χ3n) is 3.23. The maximum Gasteiger partial charge on any atom is 0.328 e. The first-order chi connectivity index (χ1) is 9.80. The van der Waals surface area contributed by atoms with E-state index >= 15 is 0 Å². The zero-order chi connectivity index (χ0) is 15.6. The van der Waals surface area contributed by atoms with Crippen molar-refractivity contribution in [2.75, 3.05) is 18.1 Å². The van der Waals surface area contributed by atoms with Crippen molar-refractivity contribution in [2.45, 2.75) is 13.0 Å². The molecule has 1 N–H and O–H groups in total. The molecule has 1 fully saturated rings. The van der Waals surface area contributed by atoms with Crippen LogP contribution in [0.25, 0.3) is 6.08 Å². The van der Waals surface area contributed by atoms with Crippen LogP contribution in [0.1, 0.15) is 22.2 Å². The summed E-state index contributed by atoms with van der Waals surface area (Å²) in [5, 5.41) is 10.4. The van der Waals surface area contributed by atoms with Crippen molar-refractivity contribution < 1.29 is 23.1 Å². The van der Waals surface area contributed by atoms with E-state index in [1.165, 1.54) is 22.3 Å². The van der Waals surface area contributed by atoms with Crippen molar-refractivity contribution in [3.63, 3.8) is 0 Å². The Labute approximate surface area is 126 Å². The Morgan fingerprint density at radius 3 is 2.81 bits per heavy atom. The van der Waals surface area contributed by atoms with E-state index in [0.29, 0.717) is 10.4 Å². The summed E-state index contributed by atoms with van der Waals surface area (Å²) in [5.74, 6) is -1.41. The molecule has 0 bridgehead atoms. The minimum atomic E-state index is -3.08. The van der Waals surface area contributed by atoms with Crippen LogP contribution < -0.4 is 0 Å². The van der Waals surface area contributed by atoms with E-state index in [2.05, 4.69) is 0 Å². The maximum absolute atomic E-state index is 12.5. The van der Waals surface area contributed by atoms with Crippen molar-refractivity contribution in [1.82, 2.24) is 4.90 Å². The molecular weight excluding hydrogens is 314 g/mol. The van der Waals surface area contributed by atoms with E-state index in [-0.39, 0.29) is 30.0 Å². The number of carboxylic acid groups (broad SMARTS) is 1. The fraction of sp³-hybridized carbons (Fsp3) is 0.385. The number of hydrogen-bond acceptors (Lipinski definition) is 5. The van der Waals surface area contributed by atoms with E-state index < -0.39 is 15.8 Å². The monoisotopic (exact) mass is 329 g/mol. The van der Waals surface area contributed by atoms with E-state index in [9.17, 15) is 18.0 Å². The molecule has 2 rings (SSSR count). The summed E-state index contributed by atoms with van der Waals surface area (Å²) in [7, 11) is -3.08. The molecule has 1 saturated heterocycles. The topological polar surface area (TPSA) is 91.8 Å². The van der Waals surface area contributed by atoms with Gasteiger partial charge in [0.1, 0.15) is 0 Å². The average molecular weight is 329 g/mol. The highest BCUT2D eigenvalue weighted by molar-refractivity contribution is 7.91. The van der Waals surface area contributed by atoms with Crippen LogP contribution in [0.3, 0.4) is 0 Å². The number of nitrogens with zero attached hydrogens (tertiary/aromatic N) is 1. The molecule has 6 nitrogen and oxygen atoms in total. The first-order valence-electron chi connectivity index (χ1n) is 6.30. The molecular formula is C13H15NO5S2. The molecule has 1 aromatic heterocycles. The van der Waals surface area contributed by atoms with E-state index in [0.717, 1.165) is 6.08 Å². The van der Waals surface area contributed by atoms with E-state index in [4.69, 9.17) is 5.11 Å². The SMILES string of the molecule is CC1CS(=O)(=O)CCN1C(=O)c1sccc1/C=C/C(=O)O. The molecule has 114 valence electrons. The molecule has 1 aromatic rings. The molecule has 0 aliphatic carbocycles. The van der Waals surface area contributed by atoms with Gasteiger partial charge in [0, 0.05) is 18.7 Å². The molecule has 21 heavy (non-hydrogen) atoms. The van der Waals surface area contributed by atoms with Gasteiger partial charge in [-0.1, -0.05) is 0 Å². The van der Waals surface area contributed by atoms with Crippen LogP contribution in [-0.4, -0.2) is 54.4 Å². The molecule has 1 aliphatic heterocycles. The van der Waals surface area contributed by atoms with Crippen molar-refractivity contribution >= 4 is 39.1 Å². The Kier molecular flexibility index (Phi) is 4.48. The summed E-state index contributed by atoms with van der Waals surface area (Å²) >= 11 is 1.22. The fourth-order valence-electron chi connectivity index (χ4n) is 2.22. The van der Waals surface area contributed by atoms with Crippen LogP contribution in [-0.2, 0) is 14.6 Å². The third kappa shape index (κ3) is 3.70. The Balaban J connectivity index is 2.21.